The maximum absolute atomic E-state index is 2.43. The fraction of sp³-hybridized carbons (Fsp3) is 0.0323. The van der Waals surface area contributed by atoms with Crippen molar-refractivity contribution in [2.24, 2.45) is 0 Å². The predicted molar refractivity (Wildman–Crippen MR) is 133 cm³/mol. The molecular formula is C31H20. The van der Waals surface area contributed by atoms with Gasteiger partial charge in [0.05, 0.1) is 0 Å². The van der Waals surface area contributed by atoms with Crippen molar-refractivity contribution in [3.8, 4) is 22.3 Å². The standard InChI is InChI=1S/C31H20/c1-4-10-26-20(7-1)13-14-23-18-25-19-24(15-16-29(25)30(23)26)31-27-11-5-2-8-21(27)17-22-9-3-6-12-28(22)31/h1-17,19H,18H2. The van der Waals surface area contributed by atoms with Gasteiger partial charge in [0.15, 0.2) is 0 Å². The van der Waals surface area contributed by atoms with E-state index in [1.54, 1.807) is 0 Å². The van der Waals surface area contributed by atoms with Crippen LogP contribution in [0.3, 0.4) is 0 Å². The topological polar surface area (TPSA) is 0 Å². The zero-order valence-electron chi connectivity index (χ0n) is 17.1. The van der Waals surface area contributed by atoms with Gasteiger partial charge in [-0.3, -0.25) is 0 Å². The number of fused-ring (bicyclic) bond motifs is 7. The molecule has 1 aliphatic rings. The molecule has 0 N–H and O–H groups in total. The molecule has 0 bridgehead atoms. The third-order valence-electron chi connectivity index (χ3n) is 6.83. The minimum atomic E-state index is 1.01. The third kappa shape index (κ3) is 2.42. The van der Waals surface area contributed by atoms with Gasteiger partial charge in [-0.1, -0.05) is 103 Å². The lowest BCUT2D eigenvalue weighted by molar-refractivity contribution is 1.27. The molecule has 0 radical (unpaired) electrons. The van der Waals surface area contributed by atoms with E-state index in [4.69, 9.17) is 0 Å². The van der Waals surface area contributed by atoms with Gasteiger partial charge in [0.25, 0.3) is 0 Å². The molecule has 6 aromatic carbocycles. The molecule has 0 aliphatic heterocycles. The van der Waals surface area contributed by atoms with Gasteiger partial charge in [-0.05, 0) is 78.2 Å². The molecule has 1 aliphatic carbocycles. The van der Waals surface area contributed by atoms with Crippen LogP contribution in [0, 0.1) is 0 Å². The fourth-order valence-electron chi connectivity index (χ4n) is 5.45. The number of benzene rings is 6. The van der Waals surface area contributed by atoms with Crippen LogP contribution in [0.1, 0.15) is 11.1 Å². The average molecular weight is 393 g/mol. The summed E-state index contributed by atoms with van der Waals surface area (Å²) >= 11 is 0. The largest absolute Gasteiger partial charge is 0.0616 e. The second kappa shape index (κ2) is 6.30. The molecule has 0 nitrogen and oxygen atoms in total. The van der Waals surface area contributed by atoms with Crippen molar-refractivity contribution in [3.63, 3.8) is 0 Å². The highest BCUT2D eigenvalue weighted by atomic mass is 14.2. The molecule has 0 atom stereocenters. The molecule has 31 heavy (non-hydrogen) atoms. The van der Waals surface area contributed by atoms with Gasteiger partial charge in [0.1, 0.15) is 0 Å². The summed E-state index contributed by atoms with van der Waals surface area (Å²) in [6.45, 7) is 0. The Morgan fingerprint density at radius 2 is 1.03 bits per heavy atom. The molecule has 0 aromatic heterocycles. The maximum Gasteiger partial charge on any atom is -0.00130 e. The number of hydrogen-bond acceptors (Lipinski definition) is 0. The molecule has 0 heterocycles. The predicted octanol–water partition coefficient (Wildman–Crippen LogP) is 8.38. The van der Waals surface area contributed by atoms with Gasteiger partial charge >= 0.3 is 0 Å². The van der Waals surface area contributed by atoms with Crippen LogP contribution in [0.25, 0.3) is 54.6 Å². The molecular weight excluding hydrogens is 372 g/mol. The van der Waals surface area contributed by atoms with E-state index in [1.807, 2.05) is 0 Å². The van der Waals surface area contributed by atoms with Crippen molar-refractivity contribution < 1.29 is 0 Å². The van der Waals surface area contributed by atoms with Crippen molar-refractivity contribution in [2.45, 2.75) is 6.42 Å². The van der Waals surface area contributed by atoms with Gasteiger partial charge in [0, 0.05) is 0 Å². The quantitative estimate of drug-likeness (QED) is 0.246. The summed E-state index contributed by atoms with van der Waals surface area (Å²) in [5, 5.41) is 7.92. The van der Waals surface area contributed by atoms with Crippen LogP contribution >= 0.6 is 0 Å². The average Bonchev–Trinajstić information content (AvgIpc) is 3.21. The fourth-order valence-corrected chi connectivity index (χ4v) is 5.45. The first kappa shape index (κ1) is 16.8. The van der Waals surface area contributed by atoms with E-state index in [0.717, 1.165) is 6.42 Å². The second-order valence-corrected chi connectivity index (χ2v) is 8.56. The normalized spacial score (nSPS) is 12.4. The molecule has 144 valence electrons. The van der Waals surface area contributed by atoms with E-state index < -0.39 is 0 Å². The molecule has 7 rings (SSSR count). The van der Waals surface area contributed by atoms with Crippen molar-refractivity contribution in [3.05, 3.63) is 120 Å². The smallest absolute Gasteiger partial charge is 0.00130 e. The lowest BCUT2D eigenvalue weighted by Gasteiger charge is -2.13. The summed E-state index contributed by atoms with van der Waals surface area (Å²) in [7, 11) is 0. The third-order valence-corrected chi connectivity index (χ3v) is 6.83. The highest BCUT2D eigenvalue weighted by Gasteiger charge is 2.22. The monoisotopic (exact) mass is 392 g/mol. The van der Waals surface area contributed by atoms with Gasteiger partial charge in [-0.25, -0.2) is 0 Å². The molecule has 0 heteroatoms. The van der Waals surface area contributed by atoms with Crippen molar-refractivity contribution in [2.75, 3.05) is 0 Å². The molecule has 0 spiro atoms. The summed E-state index contributed by atoms with van der Waals surface area (Å²) in [5.74, 6) is 0. The van der Waals surface area contributed by atoms with Crippen molar-refractivity contribution in [1.29, 1.82) is 0 Å². The first-order valence-electron chi connectivity index (χ1n) is 10.9. The highest BCUT2D eigenvalue weighted by Crippen LogP contribution is 2.44. The first-order chi connectivity index (χ1) is 15.4. The minimum Gasteiger partial charge on any atom is -0.0616 e. The Morgan fingerprint density at radius 1 is 0.419 bits per heavy atom. The summed E-state index contributed by atoms with van der Waals surface area (Å²) in [4.78, 5) is 0. The first-order valence-corrected chi connectivity index (χ1v) is 10.9. The Kier molecular flexibility index (Phi) is 3.42. The van der Waals surface area contributed by atoms with E-state index in [1.165, 1.54) is 65.7 Å². The highest BCUT2D eigenvalue weighted by molar-refractivity contribution is 6.13. The summed E-state index contributed by atoms with van der Waals surface area (Å²) in [6.07, 6.45) is 1.01. The van der Waals surface area contributed by atoms with E-state index in [9.17, 15) is 0 Å². The van der Waals surface area contributed by atoms with Gasteiger partial charge in [-0.2, -0.15) is 0 Å². The molecule has 0 saturated carbocycles. The summed E-state index contributed by atoms with van der Waals surface area (Å²) in [5.41, 5.74) is 8.33. The van der Waals surface area contributed by atoms with Crippen LogP contribution < -0.4 is 0 Å². The van der Waals surface area contributed by atoms with Crippen LogP contribution in [-0.4, -0.2) is 0 Å². The zero-order valence-corrected chi connectivity index (χ0v) is 17.1. The lowest BCUT2D eigenvalue weighted by atomic mass is 9.90. The lowest BCUT2D eigenvalue weighted by Crippen LogP contribution is -1.88. The van der Waals surface area contributed by atoms with E-state index in [0.29, 0.717) is 0 Å². The van der Waals surface area contributed by atoms with E-state index in [-0.39, 0.29) is 0 Å². The van der Waals surface area contributed by atoms with Crippen LogP contribution in [0.15, 0.2) is 109 Å². The van der Waals surface area contributed by atoms with Gasteiger partial charge in [0.2, 0.25) is 0 Å². The summed E-state index contributed by atoms with van der Waals surface area (Å²) in [6, 6.07) is 40.2. The Morgan fingerprint density at radius 3 is 1.74 bits per heavy atom. The molecule has 0 fully saturated rings. The van der Waals surface area contributed by atoms with Crippen LogP contribution in [-0.2, 0) is 6.42 Å². The second-order valence-electron chi connectivity index (χ2n) is 8.56. The number of rotatable bonds is 1. The summed E-state index contributed by atoms with van der Waals surface area (Å²) < 4.78 is 0. The Bertz CT molecular complexity index is 1600. The molecule has 0 amide bonds. The Labute approximate surface area is 181 Å². The van der Waals surface area contributed by atoms with Gasteiger partial charge in [-0.15, -0.1) is 0 Å². The molecule has 6 aromatic rings. The minimum absolute atomic E-state index is 1.01. The van der Waals surface area contributed by atoms with Crippen molar-refractivity contribution in [1.82, 2.24) is 0 Å². The van der Waals surface area contributed by atoms with Crippen LogP contribution in [0.4, 0.5) is 0 Å². The van der Waals surface area contributed by atoms with E-state index >= 15 is 0 Å². The Hall–Kier alpha value is -3.90. The van der Waals surface area contributed by atoms with Gasteiger partial charge < -0.3 is 0 Å². The zero-order chi connectivity index (χ0) is 20.4. The molecule has 0 saturated heterocycles. The maximum atomic E-state index is 2.43. The SMILES string of the molecule is c1ccc2c3c(ccc2c1)Cc1cc(-c2c4ccccc4cc4ccccc24)ccc1-3. The van der Waals surface area contributed by atoms with Crippen LogP contribution in [0.5, 0.6) is 0 Å². The van der Waals surface area contributed by atoms with Crippen LogP contribution in [0.2, 0.25) is 0 Å². The number of hydrogen-bond donors (Lipinski definition) is 0. The molecule has 0 unspecified atom stereocenters. The Balaban J connectivity index is 1.51. The van der Waals surface area contributed by atoms with E-state index in [2.05, 4.69) is 109 Å². The van der Waals surface area contributed by atoms with Crippen molar-refractivity contribution >= 4 is 32.3 Å².